The second-order valence-electron chi connectivity index (χ2n) is 5.81. The number of nitrogens with zero attached hydrogens (tertiary/aromatic N) is 4. The van der Waals surface area contributed by atoms with Crippen molar-refractivity contribution in [2.75, 3.05) is 27.2 Å². The predicted octanol–water partition coefficient (Wildman–Crippen LogP) is 2.10. The first kappa shape index (κ1) is 15.2. The van der Waals surface area contributed by atoms with Gasteiger partial charge in [-0.2, -0.15) is 16.3 Å². The van der Waals surface area contributed by atoms with Crippen LogP contribution in [0.2, 0.25) is 0 Å². The molecule has 0 bridgehead atoms. The van der Waals surface area contributed by atoms with Crippen LogP contribution >= 0.6 is 11.3 Å². The van der Waals surface area contributed by atoms with Crippen molar-refractivity contribution < 1.29 is 9.32 Å². The first-order valence-corrected chi connectivity index (χ1v) is 8.36. The summed E-state index contributed by atoms with van der Waals surface area (Å²) in [5, 5.41) is 8.03. The number of hydrogen-bond donors (Lipinski definition) is 0. The molecule has 1 amide bonds. The Balaban J connectivity index is 1.54. The average Bonchev–Trinajstić information content (AvgIpc) is 3.18. The lowest BCUT2D eigenvalue weighted by Crippen LogP contribution is -2.39. The van der Waals surface area contributed by atoms with Crippen molar-refractivity contribution in [3.05, 3.63) is 22.7 Å². The molecule has 0 atom stereocenters. The van der Waals surface area contributed by atoms with Gasteiger partial charge in [-0.15, -0.1) is 0 Å². The minimum absolute atomic E-state index is 0.148. The minimum Gasteiger partial charge on any atom is -0.349 e. The molecular weight excluding hydrogens is 300 g/mol. The van der Waals surface area contributed by atoms with Gasteiger partial charge in [0.05, 0.1) is 6.54 Å². The molecule has 3 heterocycles. The number of likely N-dealkylation sites (tertiary alicyclic amines) is 1. The van der Waals surface area contributed by atoms with Gasteiger partial charge in [-0.1, -0.05) is 5.16 Å². The van der Waals surface area contributed by atoms with Gasteiger partial charge in [0.15, 0.2) is 0 Å². The predicted molar refractivity (Wildman–Crippen MR) is 84.3 cm³/mol. The zero-order valence-electron chi connectivity index (χ0n) is 12.9. The lowest BCUT2D eigenvalue weighted by Gasteiger charge is -2.31. The molecular formula is C15H20N4O2S. The highest BCUT2D eigenvalue weighted by Gasteiger charge is 2.26. The van der Waals surface area contributed by atoms with Gasteiger partial charge < -0.3 is 9.42 Å². The van der Waals surface area contributed by atoms with Crippen molar-refractivity contribution in [1.29, 1.82) is 0 Å². The number of thiophene rings is 1. The standard InChI is InChI=1S/C15H20N4O2S/c1-18(2)15(20)11-3-6-19(7-4-11)9-13-16-14(17-21-13)12-5-8-22-10-12/h5,8,10-11H,3-4,6-7,9H2,1-2H3. The highest BCUT2D eigenvalue weighted by atomic mass is 32.1. The van der Waals surface area contributed by atoms with Gasteiger partial charge in [-0.05, 0) is 37.4 Å². The van der Waals surface area contributed by atoms with Crippen molar-refractivity contribution >= 4 is 17.2 Å². The molecule has 1 fully saturated rings. The van der Waals surface area contributed by atoms with Crippen molar-refractivity contribution in [2.24, 2.45) is 5.92 Å². The number of carbonyl (C=O) groups is 1. The summed E-state index contributed by atoms with van der Waals surface area (Å²) in [6.07, 6.45) is 1.78. The highest BCUT2D eigenvalue weighted by molar-refractivity contribution is 7.08. The van der Waals surface area contributed by atoms with E-state index in [4.69, 9.17) is 4.52 Å². The van der Waals surface area contributed by atoms with Crippen LogP contribution in [-0.2, 0) is 11.3 Å². The van der Waals surface area contributed by atoms with Crippen molar-refractivity contribution in [3.8, 4) is 11.4 Å². The molecule has 6 nitrogen and oxygen atoms in total. The third-order valence-corrected chi connectivity index (χ3v) is 4.67. The highest BCUT2D eigenvalue weighted by Crippen LogP contribution is 2.22. The minimum atomic E-state index is 0.148. The fourth-order valence-corrected chi connectivity index (χ4v) is 3.36. The van der Waals surface area contributed by atoms with Crippen LogP contribution in [0.1, 0.15) is 18.7 Å². The number of rotatable bonds is 4. The summed E-state index contributed by atoms with van der Waals surface area (Å²) in [6.45, 7) is 2.43. The number of carbonyl (C=O) groups excluding carboxylic acids is 1. The van der Waals surface area contributed by atoms with Crippen LogP contribution in [0, 0.1) is 5.92 Å². The lowest BCUT2D eigenvalue weighted by atomic mass is 9.95. The summed E-state index contributed by atoms with van der Waals surface area (Å²) in [7, 11) is 3.64. The Bertz CT molecular complexity index is 615. The zero-order chi connectivity index (χ0) is 15.5. The maximum absolute atomic E-state index is 12.0. The summed E-state index contributed by atoms with van der Waals surface area (Å²) in [6, 6.07) is 1.98. The normalized spacial score (nSPS) is 16.8. The molecule has 2 aromatic rings. The van der Waals surface area contributed by atoms with E-state index in [0.717, 1.165) is 31.5 Å². The Morgan fingerprint density at radius 2 is 2.23 bits per heavy atom. The van der Waals surface area contributed by atoms with Crippen LogP contribution in [-0.4, -0.2) is 53.0 Å². The van der Waals surface area contributed by atoms with E-state index >= 15 is 0 Å². The van der Waals surface area contributed by atoms with E-state index in [0.29, 0.717) is 18.3 Å². The van der Waals surface area contributed by atoms with E-state index in [1.807, 2.05) is 30.9 Å². The molecule has 1 saturated heterocycles. The van der Waals surface area contributed by atoms with Gasteiger partial charge in [0.1, 0.15) is 0 Å². The maximum atomic E-state index is 12.0. The molecule has 7 heteroatoms. The average molecular weight is 320 g/mol. The first-order valence-electron chi connectivity index (χ1n) is 7.42. The maximum Gasteiger partial charge on any atom is 0.241 e. The smallest absolute Gasteiger partial charge is 0.241 e. The van der Waals surface area contributed by atoms with Crippen molar-refractivity contribution in [1.82, 2.24) is 19.9 Å². The molecule has 3 rings (SSSR count). The lowest BCUT2D eigenvalue weighted by molar-refractivity contribution is -0.134. The van der Waals surface area contributed by atoms with Crippen LogP contribution in [0.5, 0.6) is 0 Å². The third kappa shape index (κ3) is 3.36. The van der Waals surface area contributed by atoms with Gasteiger partial charge in [0.2, 0.25) is 17.6 Å². The molecule has 0 N–H and O–H groups in total. The number of aromatic nitrogens is 2. The second kappa shape index (κ2) is 6.58. The SMILES string of the molecule is CN(C)C(=O)C1CCN(Cc2nc(-c3ccsc3)no2)CC1. The molecule has 1 aliphatic rings. The van der Waals surface area contributed by atoms with Gasteiger partial charge in [-0.25, -0.2) is 0 Å². The Labute approximate surface area is 133 Å². The summed E-state index contributed by atoms with van der Waals surface area (Å²) in [4.78, 5) is 20.4. The molecule has 0 aliphatic carbocycles. The number of hydrogen-bond acceptors (Lipinski definition) is 6. The molecule has 0 aromatic carbocycles. The number of amides is 1. The van der Waals surface area contributed by atoms with E-state index in [2.05, 4.69) is 15.0 Å². The third-order valence-electron chi connectivity index (χ3n) is 3.98. The molecule has 0 unspecified atom stereocenters. The summed E-state index contributed by atoms with van der Waals surface area (Å²) < 4.78 is 5.33. The summed E-state index contributed by atoms with van der Waals surface area (Å²) in [5.41, 5.74) is 0.996. The summed E-state index contributed by atoms with van der Waals surface area (Å²) in [5.74, 6) is 1.67. The fourth-order valence-electron chi connectivity index (χ4n) is 2.72. The van der Waals surface area contributed by atoms with Crippen LogP contribution < -0.4 is 0 Å². The Morgan fingerprint density at radius 3 is 2.86 bits per heavy atom. The van der Waals surface area contributed by atoms with Gasteiger partial charge >= 0.3 is 0 Å². The zero-order valence-corrected chi connectivity index (χ0v) is 13.7. The topological polar surface area (TPSA) is 62.5 Å². The summed E-state index contributed by atoms with van der Waals surface area (Å²) >= 11 is 1.62. The van der Waals surface area contributed by atoms with Crippen molar-refractivity contribution in [3.63, 3.8) is 0 Å². The van der Waals surface area contributed by atoms with Gasteiger partial charge in [0.25, 0.3) is 0 Å². The largest absolute Gasteiger partial charge is 0.349 e. The Hall–Kier alpha value is -1.73. The molecule has 1 aliphatic heterocycles. The quantitative estimate of drug-likeness (QED) is 0.863. The van der Waals surface area contributed by atoms with E-state index in [9.17, 15) is 4.79 Å². The molecule has 22 heavy (non-hydrogen) atoms. The van der Waals surface area contributed by atoms with Crippen molar-refractivity contribution in [2.45, 2.75) is 19.4 Å². The molecule has 0 saturated carbocycles. The van der Waals surface area contributed by atoms with Crippen LogP contribution in [0.15, 0.2) is 21.3 Å². The Kier molecular flexibility index (Phi) is 4.54. The van der Waals surface area contributed by atoms with E-state index in [1.54, 1.807) is 16.2 Å². The first-order chi connectivity index (χ1) is 10.6. The van der Waals surface area contributed by atoms with E-state index in [1.165, 1.54) is 0 Å². The number of piperidine rings is 1. The fraction of sp³-hybridized carbons (Fsp3) is 0.533. The van der Waals surface area contributed by atoms with Gasteiger partial charge in [-0.3, -0.25) is 9.69 Å². The van der Waals surface area contributed by atoms with Crippen LogP contribution in [0.3, 0.4) is 0 Å². The van der Waals surface area contributed by atoms with Gasteiger partial charge in [0, 0.05) is 31.0 Å². The van der Waals surface area contributed by atoms with E-state index < -0.39 is 0 Å². The van der Waals surface area contributed by atoms with E-state index in [-0.39, 0.29) is 11.8 Å². The molecule has 0 radical (unpaired) electrons. The Morgan fingerprint density at radius 1 is 1.45 bits per heavy atom. The van der Waals surface area contributed by atoms with Crippen LogP contribution in [0.4, 0.5) is 0 Å². The molecule has 2 aromatic heterocycles. The molecule has 0 spiro atoms. The molecule has 118 valence electrons. The second-order valence-corrected chi connectivity index (χ2v) is 6.59. The monoisotopic (exact) mass is 320 g/mol. The van der Waals surface area contributed by atoms with Crippen LogP contribution in [0.25, 0.3) is 11.4 Å².